The predicted molar refractivity (Wildman–Crippen MR) is 79.0 cm³/mol. The first-order chi connectivity index (χ1) is 8.88. The fourth-order valence-corrected chi connectivity index (χ4v) is 2.26. The summed E-state index contributed by atoms with van der Waals surface area (Å²) in [5.41, 5.74) is 5.59. The van der Waals surface area contributed by atoms with Gasteiger partial charge in [0.1, 0.15) is 0 Å². The van der Waals surface area contributed by atoms with Gasteiger partial charge >= 0.3 is 0 Å². The van der Waals surface area contributed by atoms with Crippen LogP contribution in [0.25, 0.3) is 0 Å². The van der Waals surface area contributed by atoms with Crippen molar-refractivity contribution in [1.29, 1.82) is 0 Å². The van der Waals surface area contributed by atoms with Crippen molar-refractivity contribution in [3.63, 3.8) is 0 Å². The highest BCUT2D eigenvalue weighted by Gasteiger charge is 2.16. The maximum atomic E-state index is 5.59. The first-order valence-corrected chi connectivity index (χ1v) is 7.42. The van der Waals surface area contributed by atoms with Gasteiger partial charge in [-0.15, -0.1) is 0 Å². The molecule has 1 unspecified atom stereocenters. The summed E-state index contributed by atoms with van der Waals surface area (Å²) in [5.74, 6) is 0. The molecule has 0 radical (unpaired) electrons. The zero-order valence-corrected chi connectivity index (χ0v) is 11.8. The largest absolute Gasteiger partial charge is 0.370 e. The fraction of sp³-hybridized carbons (Fsp3) is 0.733. The Labute approximate surface area is 112 Å². The minimum absolute atomic E-state index is 0.460. The molecule has 3 heteroatoms. The van der Waals surface area contributed by atoms with E-state index >= 15 is 0 Å². The summed E-state index contributed by atoms with van der Waals surface area (Å²) < 4.78 is 0. The van der Waals surface area contributed by atoms with E-state index in [1.807, 2.05) is 6.20 Å². The van der Waals surface area contributed by atoms with E-state index in [1.165, 1.54) is 44.9 Å². The van der Waals surface area contributed by atoms with Crippen LogP contribution in [0, 0.1) is 0 Å². The van der Waals surface area contributed by atoms with Crippen molar-refractivity contribution in [1.82, 2.24) is 10.2 Å². The molecular formula is C15H29N3. The summed E-state index contributed by atoms with van der Waals surface area (Å²) in [4.78, 5) is 2.30. The topological polar surface area (TPSA) is 41.3 Å². The van der Waals surface area contributed by atoms with Gasteiger partial charge < -0.3 is 16.0 Å². The lowest BCUT2D eigenvalue weighted by Gasteiger charge is -2.24. The number of hydrogen-bond acceptors (Lipinski definition) is 3. The van der Waals surface area contributed by atoms with Gasteiger partial charge in [0.15, 0.2) is 0 Å². The Kier molecular flexibility index (Phi) is 8.40. The SMILES string of the molecule is CCCCC/C=C/CCCC1NC=CN1CCN. The Bertz CT molecular complexity index is 248. The molecule has 0 spiro atoms. The van der Waals surface area contributed by atoms with Gasteiger partial charge in [-0.05, 0) is 32.1 Å². The van der Waals surface area contributed by atoms with Crippen molar-refractivity contribution in [3.05, 3.63) is 24.6 Å². The van der Waals surface area contributed by atoms with Crippen LogP contribution in [0.5, 0.6) is 0 Å². The molecule has 1 atom stereocenters. The van der Waals surface area contributed by atoms with Crippen LogP contribution in [0.4, 0.5) is 0 Å². The van der Waals surface area contributed by atoms with Crippen LogP contribution in [0.1, 0.15) is 51.9 Å². The highest BCUT2D eigenvalue weighted by molar-refractivity contribution is 4.94. The van der Waals surface area contributed by atoms with E-state index in [-0.39, 0.29) is 0 Å². The first kappa shape index (κ1) is 15.1. The second kappa shape index (κ2) is 10.0. The normalized spacial score (nSPS) is 18.8. The second-order valence-electron chi connectivity index (χ2n) is 4.92. The van der Waals surface area contributed by atoms with Gasteiger partial charge in [0, 0.05) is 25.5 Å². The molecule has 1 aliphatic rings. The lowest BCUT2D eigenvalue weighted by atomic mass is 10.1. The van der Waals surface area contributed by atoms with E-state index in [1.54, 1.807) is 0 Å². The monoisotopic (exact) mass is 251 g/mol. The average molecular weight is 251 g/mol. The van der Waals surface area contributed by atoms with Crippen LogP contribution in [-0.4, -0.2) is 24.2 Å². The maximum absolute atomic E-state index is 5.59. The first-order valence-electron chi connectivity index (χ1n) is 7.42. The molecule has 1 aliphatic heterocycles. The Morgan fingerprint density at radius 1 is 1.22 bits per heavy atom. The molecule has 0 bridgehead atoms. The predicted octanol–water partition coefficient (Wildman–Crippen LogP) is 2.95. The van der Waals surface area contributed by atoms with E-state index in [4.69, 9.17) is 5.73 Å². The molecule has 0 aliphatic carbocycles. The number of nitrogens with one attached hydrogen (secondary N) is 1. The van der Waals surface area contributed by atoms with Crippen molar-refractivity contribution in [3.8, 4) is 0 Å². The van der Waals surface area contributed by atoms with Crippen LogP contribution in [0.3, 0.4) is 0 Å². The van der Waals surface area contributed by atoms with Gasteiger partial charge in [-0.3, -0.25) is 0 Å². The number of nitrogens with zero attached hydrogens (tertiary/aromatic N) is 1. The standard InChI is InChI=1S/C15H29N3/c1-2-3-4-5-6-7-8-9-10-15-17-12-14-18(15)13-11-16/h6-7,12,14-15,17H,2-5,8-11,13,16H2,1H3/b7-6+. The number of allylic oxidation sites excluding steroid dienone is 2. The highest BCUT2D eigenvalue weighted by Crippen LogP contribution is 2.11. The number of hydrogen-bond donors (Lipinski definition) is 2. The number of unbranched alkanes of at least 4 members (excludes halogenated alkanes) is 4. The maximum Gasteiger partial charge on any atom is 0.0981 e. The Morgan fingerprint density at radius 2 is 2.00 bits per heavy atom. The van der Waals surface area contributed by atoms with E-state index in [0.717, 1.165) is 13.1 Å². The molecule has 18 heavy (non-hydrogen) atoms. The summed E-state index contributed by atoms with van der Waals surface area (Å²) >= 11 is 0. The van der Waals surface area contributed by atoms with E-state index in [9.17, 15) is 0 Å². The molecule has 0 aromatic heterocycles. The molecule has 3 N–H and O–H groups in total. The molecule has 0 fully saturated rings. The molecule has 0 amide bonds. The third-order valence-electron chi connectivity index (χ3n) is 3.33. The third kappa shape index (κ3) is 6.10. The zero-order valence-electron chi connectivity index (χ0n) is 11.8. The van der Waals surface area contributed by atoms with Crippen LogP contribution in [0.15, 0.2) is 24.6 Å². The average Bonchev–Trinajstić information content (AvgIpc) is 2.81. The fourth-order valence-electron chi connectivity index (χ4n) is 2.26. The molecule has 0 aromatic rings. The van der Waals surface area contributed by atoms with Crippen molar-refractivity contribution < 1.29 is 0 Å². The van der Waals surface area contributed by atoms with E-state index in [2.05, 4.69) is 35.5 Å². The smallest absolute Gasteiger partial charge is 0.0981 e. The second-order valence-corrected chi connectivity index (χ2v) is 4.92. The molecule has 1 rings (SSSR count). The molecule has 3 nitrogen and oxygen atoms in total. The van der Waals surface area contributed by atoms with Gasteiger partial charge in [0.2, 0.25) is 0 Å². The summed E-state index contributed by atoms with van der Waals surface area (Å²) in [5, 5.41) is 3.38. The molecule has 0 aromatic carbocycles. The molecular weight excluding hydrogens is 222 g/mol. The van der Waals surface area contributed by atoms with Crippen LogP contribution in [-0.2, 0) is 0 Å². The summed E-state index contributed by atoms with van der Waals surface area (Å²) in [6.45, 7) is 3.92. The number of rotatable bonds is 10. The van der Waals surface area contributed by atoms with Gasteiger partial charge in [0.25, 0.3) is 0 Å². The summed E-state index contributed by atoms with van der Waals surface area (Å²) in [6.07, 6.45) is 18.2. The lowest BCUT2D eigenvalue weighted by molar-refractivity contribution is 0.267. The quantitative estimate of drug-likeness (QED) is 0.463. The highest BCUT2D eigenvalue weighted by atomic mass is 15.3. The molecule has 1 heterocycles. The van der Waals surface area contributed by atoms with Crippen molar-refractivity contribution in [2.45, 2.75) is 58.0 Å². The van der Waals surface area contributed by atoms with E-state index in [0.29, 0.717) is 6.17 Å². The van der Waals surface area contributed by atoms with Crippen molar-refractivity contribution >= 4 is 0 Å². The molecule has 0 saturated heterocycles. The minimum Gasteiger partial charge on any atom is -0.370 e. The zero-order chi connectivity index (χ0) is 13.1. The Balaban J connectivity index is 2.00. The van der Waals surface area contributed by atoms with Crippen molar-refractivity contribution in [2.24, 2.45) is 5.73 Å². The van der Waals surface area contributed by atoms with Crippen LogP contribution >= 0.6 is 0 Å². The van der Waals surface area contributed by atoms with Gasteiger partial charge in [-0.2, -0.15) is 0 Å². The number of nitrogens with two attached hydrogens (primary N) is 1. The Morgan fingerprint density at radius 3 is 2.72 bits per heavy atom. The minimum atomic E-state index is 0.460. The Hall–Kier alpha value is -0.960. The molecule has 0 saturated carbocycles. The van der Waals surface area contributed by atoms with Crippen LogP contribution in [0.2, 0.25) is 0 Å². The van der Waals surface area contributed by atoms with Gasteiger partial charge in [-0.1, -0.05) is 31.9 Å². The summed E-state index contributed by atoms with van der Waals surface area (Å²) in [6, 6.07) is 0. The third-order valence-corrected chi connectivity index (χ3v) is 3.33. The van der Waals surface area contributed by atoms with Crippen LogP contribution < -0.4 is 11.1 Å². The van der Waals surface area contributed by atoms with Crippen molar-refractivity contribution in [2.75, 3.05) is 13.1 Å². The summed E-state index contributed by atoms with van der Waals surface area (Å²) in [7, 11) is 0. The van der Waals surface area contributed by atoms with E-state index < -0.39 is 0 Å². The lowest BCUT2D eigenvalue weighted by Crippen LogP contribution is -2.37. The van der Waals surface area contributed by atoms with Gasteiger partial charge in [0.05, 0.1) is 6.17 Å². The molecule has 104 valence electrons. The van der Waals surface area contributed by atoms with Gasteiger partial charge in [-0.25, -0.2) is 0 Å².